The second-order valence-electron chi connectivity index (χ2n) is 8.05. The van der Waals surface area contributed by atoms with Crippen LogP contribution in [0, 0.1) is 0 Å². The molecule has 2 N–H and O–H groups in total. The molecule has 1 saturated heterocycles. The highest BCUT2D eigenvalue weighted by molar-refractivity contribution is 6.37. The van der Waals surface area contributed by atoms with Crippen molar-refractivity contribution in [1.29, 1.82) is 0 Å². The van der Waals surface area contributed by atoms with Crippen molar-refractivity contribution in [3.63, 3.8) is 0 Å². The maximum absolute atomic E-state index is 13.1. The number of nitrogens with one attached hydrogen (secondary N) is 2. The lowest BCUT2D eigenvalue weighted by atomic mass is 10.2. The average Bonchev–Trinajstić information content (AvgIpc) is 2.82. The summed E-state index contributed by atoms with van der Waals surface area (Å²) in [6, 6.07) is -0.733. The molecule has 11 nitrogen and oxygen atoms in total. The Labute approximate surface area is 205 Å². The summed E-state index contributed by atoms with van der Waals surface area (Å²) in [6.45, 7) is 3.65. The van der Waals surface area contributed by atoms with Crippen molar-refractivity contribution in [2.24, 2.45) is 5.16 Å². The Morgan fingerprint density at radius 3 is 2.30 bits per heavy atom. The molecule has 1 amide bonds. The van der Waals surface area contributed by atoms with Gasteiger partial charge >= 0.3 is 12.4 Å². The molecule has 17 heteroatoms. The molecule has 2 aromatic heterocycles. The van der Waals surface area contributed by atoms with E-state index in [1.165, 1.54) is 18.7 Å². The highest BCUT2D eigenvalue weighted by Gasteiger charge is 2.37. The molecule has 0 unspecified atom stereocenters. The molecule has 2 aromatic rings. The number of oxime groups is 1. The first kappa shape index (κ1) is 27.7. The summed E-state index contributed by atoms with van der Waals surface area (Å²) in [5.41, 5.74) is -4.32. The number of piperazine rings is 1. The molecule has 0 aromatic carbocycles. The summed E-state index contributed by atoms with van der Waals surface area (Å²) in [6.07, 6.45) is -7.22. The predicted octanol–water partition coefficient (Wildman–Crippen LogP) is 2.14. The molecule has 1 aliphatic heterocycles. The van der Waals surface area contributed by atoms with Crippen LogP contribution in [0.5, 0.6) is 0 Å². The number of H-pyrrole nitrogens is 1. The van der Waals surface area contributed by atoms with Gasteiger partial charge in [-0.2, -0.15) is 31.4 Å². The molecule has 37 heavy (non-hydrogen) atoms. The molecule has 3 rings (SSSR count). The van der Waals surface area contributed by atoms with E-state index in [0.29, 0.717) is 12.4 Å². The molecule has 0 saturated carbocycles. The SMILES string of the molecule is C/C(=N\OC[C@H](C)Nc1cn[nH]c(=O)c1C(F)(F)F)C(=O)N1CCN(c2ncc(C(F)(F)F)cn2)CC1. The third-order valence-corrected chi connectivity index (χ3v) is 5.19. The van der Waals surface area contributed by atoms with Crippen LogP contribution in [0.1, 0.15) is 25.0 Å². The van der Waals surface area contributed by atoms with Crippen LogP contribution in [0.15, 0.2) is 28.5 Å². The van der Waals surface area contributed by atoms with Crippen LogP contribution < -0.4 is 15.8 Å². The lowest BCUT2D eigenvalue weighted by Gasteiger charge is -2.34. The molecular weight excluding hydrogens is 514 g/mol. The van der Waals surface area contributed by atoms with E-state index < -0.39 is 46.7 Å². The summed E-state index contributed by atoms with van der Waals surface area (Å²) in [5, 5.41) is 11.3. The Kier molecular flexibility index (Phi) is 8.22. The number of hydrogen-bond donors (Lipinski definition) is 2. The molecule has 1 fully saturated rings. The zero-order chi connectivity index (χ0) is 27.4. The van der Waals surface area contributed by atoms with Crippen LogP contribution in [-0.4, -0.2) is 75.5 Å². The van der Waals surface area contributed by atoms with Gasteiger partial charge in [-0.1, -0.05) is 5.16 Å². The van der Waals surface area contributed by atoms with Gasteiger partial charge in [0.25, 0.3) is 11.5 Å². The lowest BCUT2D eigenvalue weighted by Crippen LogP contribution is -2.50. The minimum Gasteiger partial charge on any atom is -0.393 e. The lowest BCUT2D eigenvalue weighted by molar-refractivity contribution is -0.139. The highest BCUT2D eigenvalue weighted by Crippen LogP contribution is 2.31. The number of halogens is 6. The molecule has 0 radical (unpaired) electrons. The van der Waals surface area contributed by atoms with Gasteiger partial charge in [0, 0.05) is 38.6 Å². The Morgan fingerprint density at radius 2 is 1.73 bits per heavy atom. The number of rotatable bonds is 7. The number of alkyl halides is 6. The predicted molar refractivity (Wildman–Crippen MR) is 118 cm³/mol. The van der Waals surface area contributed by atoms with E-state index in [1.54, 1.807) is 10.00 Å². The fourth-order valence-corrected chi connectivity index (χ4v) is 3.35. The third kappa shape index (κ3) is 7.07. The van der Waals surface area contributed by atoms with Crippen molar-refractivity contribution in [3.8, 4) is 0 Å². The minimum absolute atomic E-state index is 0.0137. The van der Waals surface area contributed by atoms with Crippen LogP contribution in [0.25, 0.3) is 0 Å². The van der Waals surface area contributed by atoms with E-state index in [-0.39, 0.29) is 44.4 Å². The topological polar surface area (TPSA) is 129 Å². The monoisotopic (exact) mass is 536 g/mol. The van der Waals surface area contributed by atoms with Crippen molar-refractivity contribution >= 4 is 23.3 Å². The van der Waals surface area contributed by atoms with E-state index in [0.717, 1.165) is 6.20 Å². The smallest absolute Gasteiger partial charge is 0.393 e. The first-order valence-electron chi connectivity index (χ1n) is 10.8. The summed E-state index contributed by atoms with van der Waals surface area (Å²) >= 11 is 0. The average molecular weight is 536 g/mol. The Morgan fingerprint density at radius 1 is 1.11 bits per heavy atom. The fraction of sp³-hybridized carbons (Fsp3) is 0.500. The van der Waals surface area contributed by atoms with Gasteiger partial charge in [-0.25, -0.2) is 15.1 Å². The molecule has 202 valence electrons. The number of nitrogens with zero attached hydrogens (tertiary/aromatic N) is 6. The molecule has 1 aliphatic rings. The number of carbonyl (C=O) groups is 1. The number of aromatic nitrogens is 4. The van der Waals surface area contributed by atoms with Crippen LogP contribution in [0.2, 0.25) is 0 Å². The van der Waals surface area contributed by atoms with Gasteiger partial charge in [-0.15, -0.1) is 0 Å². The number of aromatic amines is 1. The van der Waals surface area contributed by atoms with Crippen LogP contribution >= 0.6 is 0 Å². The number of amides is 1. The third-order valence-electron chi connectivity index (χ3n) is 5.19. The van der Waals surface area contributed by atoms with Crippen molar-refractivity contribution in [3.05, 3.63) is 40.1 Å². The Bertz CT molecular complexity index is 1170. The number of carbonyl (C=O) groups excluding carboxylic acids is 1. The normalized spacial score (nSPS) is 15.9. The molecular formula is C20H22F6N8O3. The quantitative estimate of drug-likeness (QED) is 0.313. The fourth-order valence-electron chi connectivity index (χ4n) is 3.35. The Balaban J connectivity index is 1.50. The second kappa shape index (κ2) is 11.0. The van der Waals surface area contributed by atoms with Crippen molar-refractivity contribution < 1.29 is 36.0 Å². The van der Waals surface area contributed by atoms with Gasteiger partial charge in [-0.05, 0) is 13.8 Å². The van der Waals surface area contributed by atoms with Crippen molar-refractivity contribution in [2.45, 2.75) is 32.2 Å². The van der Waals surface area contributed by atoms with E-state index in [4.69, 9.17) is 4.84 Å². The van der Waals surface area contributed by atoms with Gasteiger partial charge in [0.15, 0.2) is 0 Å². The molecule has 0 spiro atoms. The standard InChI is InChI=1S/C20H22F6N8O3/c1-11(30-14-9-29-31-16(35)15(14)20(24,25)26)10-37-32-12(2)17(36)33-3-5-34(6-4-33)18-27-7-13(8-28-18)19(21,22)23/h7-9,11H,3-6,10H2,1-2H3,(H2,30,31,35)/b32-12+/t11-/m0/s1. The highest BCUT2D eigenvalue weighted by atomic mass is 19.4. The summed E-state index contributed by atoms with van der Waals surface area (Å²) in [4.78, 5) is 39.8. The summed E-state index contributed by atoms with van der Waals surface area (Å²) < 4.78 is 77.4. The first-order valence-corrected chi connectivity index (χ1v) is 10.8. The van der Waals surface area contributed by atoms with Crippen LogP contribution in [0.3, 0.4) is 0 Å². The number of hydrogen-bond acceptors (Lipinski definition) is 9. The van der Waals surface area contributed by atoms with E-state index in [9.17, 15) is 35.9 Å². The van der Waals surface area contributed by atoms with Gasteiger partial charge < -0.3 is 20.0 Å². The van der Waals surface area contributed by atoms with Crippen LogP contribution in [0.4, 0.5) is 38.0 Å². The molecule has 0 bridgehead atoms. The van der Waals surface area contributed by atoms with Crippen molar-refractivity contribution in [1.82, 2.24) is 25.1 Å². The van der Waals surface area contributed by atoms with Crippen molar-refractivity contribution in [2.75, 3.05) is 43.0 Å². The first-order chi connectivity index (χ1) is 17.3. The number of anilines is 2. The van der Waals surface area contributed by atoms with Gasteiger partial charge in [-0.3, -0.25) is 9.59 Å². The van der Waals surface area contributed by atoms with E-state index in [1.807, 2.05) is 0 Å². The maximum atomic E-state index is 13.1. The zero-order valence-electron chi connectivity index (χ0n) is 19.5. The largest absolute Gasteiger partial charge is 0.423 e. The zero-order valence-corrected chi connectivity index (χ0v) is 19.5. The summed E-state index contributed by atoms with van der Waals surface area (Å²) in [5.74, 6) is -0.341. The molecule has 0 aliphatic carbocycles. The van der Waals surface area contributed by atoms with Gasteiger partial charge in [0.2, 0.25) is 5.95 Å². The van der Waals surface area contributed by atoms with Crippen LogP contribution in [-0.2, 0) is 22.0 Å². The second-order valence-corrected chi connectivity index (χ2v) is 8.05. The minimum atomic E-state index is -4.90. The maximum Gasteiger partial charge on any atom is 0.423 e. The van der Waals surface area contributed by atoms with Gasteiger partial charge in [0.05, 0.1) is 23.5 Å². The van der Waals surface area contributed by atoms with E-state index >= 15 is 0 Å². The Hall–Kier alpha value is -3.92. The molecule has 1 atom stereocenters. The van der Waals surface area contributed by atoms with Gasteiger partial charge in [0.1, 0.15) is 17.9 Å². The van der Waals surface area contributed by atoms with E-state index in [2.05, 4.69) is 25.5 Å². The molecule has 3 heterocycles. The summed E-state index contributed by atoms with van der Waals surface area (Å²) in [7, 11) is 0.